The summed E-state index contributed by atoms with van der Waals surface area (Å²) in [6.07, 6.45) is 3.87. The molecule has 1 aromatic carbocycles. The number of hydrogen-bond donors (Lipinski definition) is 2. The number of nitrogens with zero attached hydrogens (tertiary/aromatic N) is 1. The molecule has 2 aliphatic heterocycles. The van der Waals surface area contributed by atoms with Gasteiger partial charge in [-0.2, -0.15) is 0 Å². The summed E-state index contributed by atoms with van der Waals surface area (Å²) in [6.45, 7) is 3.60. The molecule has 2 heterocycles. The van der Waals surface area contributed by atoms with Crippen molar-refractivity contribution in [1.82, 2.24) is 10.2 Å². The molecule has 0 bridgehead atoms. The van der Waals surface area contributed by atoms with Gasteiger partial charge in [0.1, 0.15) is 0 Å². The van der Waals surface area contributed by atoms with Crippen LogP contribution in [-0.4, -0.2) is 42.9 Å². The van der Waals surface area contributed by atoms with Crippen LogP contribution in [0.15, 0.2) is 18.2 Å². The average molecular weight is 301 g/mol. The molecule has 5 nitrogen and oxygen atoms in total. The van der Waals surface area contributed by atoms with E-state index in [1.807, 2.05) is 17.0 Å². The van der Waals surface area contributed by atoms with Crippen LogP contribution in [0.1, 0.15) is 30.4 Å². The van der Waals surface area contributed by atoms with Gasteiger partial charge in [-0.1, -0.05) is 12.1 Å². The topological polar surface area (TPSA) is 61.4 Å². The summed E-state index contributed by atoms with van der Waals surface area (Å²) in [4.78, 5) is 25.5. The van der Waals surface area contributed by atoms with Crippen molar-refractivity contribution in [3.8, 4) is 0 Å². The van der Waals surface area contributed by atoms with E-state index in [-0.39, 0.29) is 11.8 Å². The number of carbonyl (C=O) groups is 2. The van der Waals surface area contributed by atoms with Gasteiger partial charge in [0, 0.05) is 31.7 Å². The maximum absolute atomic E-state index is 12.2. The zero-order chi connectivity index (χ0) is 15.4. The summed E-state index contributed by atoms with van der Waals surface area (Å²) in [5.41, 5.74) is 3.22. The fraction of sp³-hybridized carbons (Fsp3) is 0.529. The second-order valence-corrected chi connectivity index (χ2v) is 6.05. The van der Waals surface area contributed by atoms with Crippen molar-refractivity contribution in [2.24, 2.45) is 0 Å². The van der Waals surface area contributed by atoms with E-state index >= 15 is 0 Å². The highest BCUT2D eigenvalue weighted by molar-refractivity contribution is 5.99. The molecule has 1 saturated heterocycles. The number of nitrogens with one attached hydrogen (secondary N) is 2. The van der Waals surface area contributed by atoms with E-state index in [2.05, 4.69) is 16.7 Å². The zero-order valence-electron chi connectivity index (χ0n) is 12.9. The number of carbonyl (C=O) groups excluding carboxylic acids is 2. The number of anilines is 1. The minimum absolute atomic E-state index is 0.0668. The summed E-state index contributed by atoms with van der Waals surface area (Å²) in [5, 5.41) is 6.16. The molecular weight excluding hydrogens is 278 g/mol. The SMILES string of the molecule is O=C1Cc2cc(CCCC(=O)N3CCCNCC3)ccc2N1. The first-order valence-electron chi connectivity index (χ1n) is 8.12. The fourth-order valence-electron chi connectivity index (χ4n) is 3.14. The minimum atomic E-state index is 0.0668. The van der Waals surface area contributed by atoms with E-state index in [0.29, 0.717) is 12.8 Å². The average Bonchev–Trinajstić information content (AvgIpc) is 2.72. The second kappa shape index (κ2) is 6.92. The van der Waals surface area contributed by atoms with Gasteiger partial charge in [-0.15, -0.1) is 0 Å². The van der Waals surface area contributed by atoms with Crippen LogP contribution in [0.25, 0.3) is 0 Å². The van der Waals surface area contributed by atoms with Crippen LogP contribution in [0.4, 0.5) is 5.69 Å². The Balaban J connectivity index is 1.48. The highest BCUT2D eigenvalue weighted by Gasteiger charge is 2.18. The van der Waals surface area contributed by atoms with Crippen molar-refractivity contribution in [2.45, 2.75) is 32.1 Å². The lowest BCUT2D eigenvalue weighted by atomic mass is 10.0. The van der Waals surface area contributed by atoms with Crippen molar-refractivity contribution in [1.29, 1.82) is 0 Å². The molecule has 2 aliphatic rings. The van der Waals surface area contributed by atoms with Crippen molar-refractivity contribution < 1.29 is 9.59 Å². The lowest BCUT2D eigenvalue weighted by Crippen LogP contribution is -2.34. The van der Waals surface area contributed by atoms with Gasteiger partial charge >= 0.3 is 0 Å². The monoisotopic (exact) mass is 301 g/mol. The molecule has 1 fully saturated rings. The van der Waals surface area contributed by atoms with Gasteiger partial charge in [0.15, 0.2) is 0 Å². The molecule has 118 valence electrons. The largest absolute Gasteiger partial charge is 0.341 e. The Morgan fingerprint density at radius 1 is 1.23 bits per heavy atom. The minimum Gasteiger partial charge on any atom is -0.341 e. The first kappa shape index (κ1) is 15.0. The van der Waals surface area contributed by atoms with Crippen molar-refractivity contribution >= 4 is 17.5 Å². The Kier molecular flexibility index (Phi) is 4.73. The van der Waals surface area contributed by atoms with E-state index in [9.17, 15) is 9.59 Å². The van der Waals surface area contributed by atoms with Gasteiger partial charge in [-0.25, -0.2) is 0 Å². The first-order valence-corrected chi connectivity index (χ1v) is 8.12. The van der Waals surface area contributed by atoms with E-state index < -0.39 is 0 Å². The Morgan fingerprint density at radius 2 is 2.14 bits per heavy atom. The maximum atomic E-state index is 12.2. The number of fused-ring (bicyclic) bond motifs is 1. The number of amides is 2. The number of rotatable bonds is 4. The normalized spacial score (nSPS) is 17.8. The molecule has 5 heteroatoms. The number of hydrogen-bond acceptors (Lipinski definition) is 3. The van der Waals surface area contributed by atoms with Gasteiger partial charge in [0.25, 0.3) is 0 Å². The Labute approximate surface area is 131 Å². The molecule has 0 aliphatic carbocycles. The van der Waals surface area contributed by atoms with Gasteiger partial charge in [0.2, 0.25) is 11.8 Å². The molecule has 0 unspecified atom stereocenters. The second-order valence-electron chi connectivity index (χ2n) is 6.05. The Hall–Kier alpha value is -1.88. The molecular formula is C17H23N3O2. The molecule has 22 heavy (non-hydrogen) atoms. The van der Waals surface area contributed by atoms with Gasteiger partial charge in [0.05, 0.1) is 6.42 Å². The summed E-state index contributed by atoms with van der Waals surface area (Å²) >= 11 is 0. The first-order chi connectivity index (χ1) is 10.7. The van der Waals surface area contributed by atoms with Crippen LogP contribution in [0, 0.1) is 0 Å². The highest BCUT2D eigenvalue weighted by atomic mass is 16.2. The molecule has 0 aromatic heterocycles. The lowest BCUT2D eigenvalue weighted by Gasteiger charge is -2.19. The van der Waals surface area contributed by atoms with Crippen LogP contribution in [0.3, 0.4) is 0 Å². The van der Waals surface area contributed by atoms with E-state index in [1.54, 1.807) is 0 Å². The van der Waals surface area contributed by atoms with Crippen molar-refractivity contribution in [3.63, 3.8) is 0 Å². The van der Waals surface area contributed by atoms with Crippen LogP contribution in [-0.2, 0) is 22.4 Å². The molecule has 3 rings (SSSR count). The molecule has 0 radical (unpaired) electrons. The number of aryl methyl sites for hydroxylation is 1. The Bertz CT molecular complexity index is 563. The van der Waals surface area contributed by atoms with Crippen molar-refractivity contribution in [2.75, 3.05) is 31.5 Å². The van der Waals surface area contributed by atoms with Crippen molar-refractivity contribution in [3.05, 3.63) is 29.3 Å². The van der Waals surface area contributed by atoms with E-state index in [0.717, 1.165) is 56.7 Å². The molecule has 0 saturated carbocycles. The summed E-state index contributed by atoms with van der Waals surface area (Å²) in [6, 6.07) is 6.11. The Morgan fingerprint density at radius 3 is 3.05 bits per heavy atom. The lowest BCUT2D eigenvalue weighted by molar-refractivity contribution is -0.131. The van der Waals surface area contributed by atoms with Crippen LogP contribution in [0.2, 0.25) is 0 Å². The van der Waals surface area contributed by atoms with Crippen LogP contribution in [0.5, 0.6) is 0 Å². The molecule has 0 atom stereocenters. The smallest absolute Gasteiger partial charge is 0.228 e. The van der Waals surface area contributed by atoms with Crippen LogP contribution >= 0.6 is 0 Å². The standard InChI is InChI=1S/C17H23N3O2/c21-16-12-14-11-13(5-6-15(14)19-16)3-1-4-17(22)20-9-2-7-18-8-10-20/h5-6,11,18H,1-4,7-10,12H2,(H,19,21). The van der Waals surface area contributed by atoms with Gasteiger partial charge in [-0.3, -0.25) is 9.59 Å². The predicted molar refractivity (Wildman–Crippen MR) is 85.8 cm³/mol. The third-order valence-electron chi connectivity index (χ3n) is 4.34. The summed E-state index contributed by atoms with van der Waals surface area (Å²) in [5.74, 6) is 0.332. The fourth-order valence-corrected chi connectivity index (χ4v) is 3.14. The molecule has 0 spiro atoms. The molecule has 2 amide bonds. The summed E-state index contributed by atoms with van der Waals surface area (Å²) in [7, 11) is 0. The van der Waals surface area contributed by atoms with E-state index in [1.165, 1.54) is 5.56 Å². The molecule has 1 aromatic rings. The van der Waals surface area contributed by atoms with E-state index in [4.69, 9.17) is 0 Å². The van der Waals surface area contributed by atoms with Crippen LogP contribution < -0.4 is 10.6 Å². The van der Waals surface area contributed by atoms with Gasteiger partial charge < -0.3 is 15.5 Å². The third-order valence-corrected chi connectivity index (χ3v) is 4.34. The predicted octanol–water partition coefficient (Wildman–Crippen LogP) is 1.33. The highest BCUT2D eigenvalue weighted by Crippen LogP contribution is 2.24. The third kappa shape index (κ3) is 3.65. The number of benzene rings is 1. The zero-order valence-corrected chi connectivity index (χ0v) is 12.9. The maximum Gasteiger partial charge on any atom is 0.228 e. The van der Waals surface area contributed by atoms with Gasteiger partial charge in [-0.05, 0) is 43.0 Å². The summed E-state index contributed by atoms with van der Waals surface area (Å²) < 4.78 is 0. The quantitative estimate of drug-likeness (QED) is 0.882. The molecule has 2 N–H and O–H groups in total.